The van der Waals surface area contributed by atoms with Gasteiger partial charge in [0, 0.05) is 24.4 Å². The topological polar surface area (TPSA) is 59.2 Å². The average Bonchev–Trinajstić information content (AvgIpc) is 3.06. The van der Waals surface area contributed by atoms with Crippen LogP contribution in [0.5, 0.6) is 0 Å². The summed E-state index contributed by atoms with van der Waals surface area (Å²) in [6.45, 7) is 2.62. The molecule has 1 saturated heterocycles. The predicted molar refractivity (Wildman–Crippen MR) is 76.2 cm³/mol. The molecule has 1 atom stereocenters. The second-order valence-electron chi connectivity index (χ2n) is 4.89. The standard InChI is InChI=1S/C14H14BrN3O2/c1-9-7-12(20-17-9)11-3-2-6-18(11)14(19)10-4-5-16-13(15)8-10/h4-5,7-8,11H,2-3,6H2,1H3. The highest BCUT2D eigenvalue weighted by molar-refractivity contribution is 9.10. The second-order valence-corrected chi connectivity index (χ2v) is 5.71. The maximum Gasteiger partial charge on any atom is 0.254 e. The van der Waals surface area contributed by atoms with E-state index in [0.717, 1.165) is 30.8 Å². The Labute approximate surface area is 125 Å². The minimum atomic E-state index is -0.0179. The molecule has 3 heterocycles. The van der Waals surface area contributed by atoms with Crippen LogP contribution >= 0.6 is 15.9 Å². The Balaban J connectivity index is 1.87. The third kappa shape index (κ3) is 2.47. The van der Waals surface area contributed by atoms with Crippen LogP contribution < -0.4 is 0 Å². The first-order chi connectivity index (χ1) is 9.65. The Morgan fingerprint density at radius 2 is 2.35 bits per heavy atom. The van der Waals surface area contributed by atoms with Crippen molar-refractivity contribution in [1.82, 2.24) is 15.0 Å². The van der Waals surface area contributed by atoms with Gasteiger partial charge in [0.25, 0.3) is 5.91 Å². The van der Waals surface area contributed by atoms with Gasteiger partial charge in [-0.05, 0) is 47.8 Å². The van der Waals surface area contributed by atoms with Crippen molar-refractivity contribution < 1.29 is 9.32 Å². The van der Waals surface area contributed by atoms with E-state index in [0.29, 0.717) is 10.2 Å². The van der Waals surface area contributed by atoms with Gasteiger partial charge in [-0.15, -0.1) is 0 Å². The lowest BCUT2D eigenvalue weighted by molar-refractivity contribution is 0.0714. The molecule has 1 aliphatic rings. The van der Waals surface area contributed by atoms with Crippen LogP contribution in [0.3, 0.4) is 0 Å². The number of amides is 1. The van der Waals surface area contributed by atoms with E-state index in [4.69, 9.17) is 4.52 Å². The highest BCUT2D eigenvalue weighted by atomic mass is 79.9. The van der Waals surface area contributed by atoms with Crippen LogP contribution in [0.2, 0.25) is 0 Å². The molecule has 6 heteroatoms. The molecule has 0 spiro atoms. The monoisotopic (exact) mass is 335 g/mol. The SMILES string of the molecule is Cc1cc(C2CCCN2C(=O)c2ccnc(Br)c2)on1. The normalized spacial score (nSPS) is 18.5. The number of nitrogens with zero attached hydrogens (tertiary/aromatic N) is 3. The molecular weight excluding hydrogens is 322 g/mol. The van der Waals surface area contributed by atoms with Gasteiger partial charge in [0.1, 0.15) is 4.60 Å². The van der Waals surface area contributed by atoms with E-state index < -0.39 is 0 Å². The number of halogens is 1. The van der Waals surface area contributed by atoms with E-state index in [9.17, 15) is 4.79 Å². The molecule has 0 aromatic carbocycles. The Bertz CT molecular complexity index is 641. The van der Waals surface area contributed by atoms with Gasteiger partial charge in [0.05, 0.1) is 11.7 Å². The first kappa shape index (κ1) is 13.3. The van der Waals surface area contributed by atoms with Crippen LogP contribution in [0.4, 0.5) is 0 Å². The van der Waals surface area contributed by atoms with Crippen LogP contribution in [0.25, 0.3) is 0 Å². The lowest BCUT2D eigenvalue weighted by Crippen LogP contribution is -2.30. The molecule has 1 aliphatic heterocycles. The molecule has 1 unspecified atom stereocenters. The van der Waals surface area contributed by atoms with Crippen LogP contribution in [-0.4, -0.2) is 27.5 Å². The van der Waals surface area contributed by atoms with Crippen LogP contribution in [-0.2, 0) is 0 Å². The zero-order valence-electron chi connectivity index (χ0n) is 11.0. The maximum atomic E-state index is 12.6. The Kier molecular flexibility index (Phi) is 3.56. The smallest absolute Gasteiger partial charge is 0.254 e. The first-order valence-corrected chi connectivity index (χ1v) is 7.30. The zero-order valence-corrected chi connectivity index (χ0v) is 12.6. The van der Waals surface area contributed by atoms with Crippen molar-refractivity contribution >= 4 is 21.8 Å². The van der Waals surface area contributed by atoms with E-state index >= 15 is 0 Å². The maximum absolute atomic E-state index is 12.6. The number of rotatable bonds is 2. The molecule has 0 radical (unpaired) electrons. The molecule has 5 nitrogen and oxygen atoms in total. The van der Waals surface area contributed by atoms with E-state index in [-0.39, 0.29) is 11.9 Å². The van der Waals surface area contributed by atoms with E-state index in [1.165, 1.54) is 0 Å². The fourth-order valence-corrected chi connectivity index (χ4v) is 2.91. The highest BCUT2D eigenvalue weighted by Crippen LogP contribution is 2.33. The van der Waals surface area contributed by atoms with Gasteiger partial charge < -0.3 is 9.42 Å². The van der Waals surface area contributed by atoms with Crippen molar-refractivity contribution in [3.05, 3.63) is 46.0 Å². The largest absolute Gasteiger partial charge is 0.359 e. The number of carbonyl (C=O) groups excluding carboxylic acids is 1. The summed E-state index contributed by atoms with van der Waals surface area (Å²) in [6.07, 6.45) is 3.51. The summed E-state index contributed by atoms with van der Waals surface area (Å²) in [6, 6.07) is 5.35. The summed E-state index contributed by atoms with van der Waals surface area (Å²) in [5, 5.41) is 3.91. The van der Waals surface area contributed by atoms with Gasteiger partial charge in [-0.1, -0.05) is 5.16 Å². The summed E-state index contributed by atoms with van der Waals surface area (Å²) < 4.78 is 5.98. The fraction of sp³-hybridized carbons (Fsp3) is 0.357. The number of likely N-dealkylation sites (tertiary alicyclic amines) is 1. The quantitative estimate of drug-likeness (QED) is 0.791. The summed E-state index contributed by atoms with van der Waals surface area (Å²) in [7, 11) is 0. The number of hydrogen-bond donors (Lipinski definition) is 0. The Hall–Kier alpha value is -1.69. The van der Waals surface area contributed by atoms with Crippen LogP contribution in [0.15, 0.2) is 33.5 Å². The number of aromatic nitrogens is 2. The molecular formula is C14H14BrN3O2. The average molecular weight is 336 g/mol. The second kappa shape index (κ2) is 5.36. The Morgan fingerprint density at radius 3 is 3.05 bits per heavy atom. The van der Waals surface area contributed by atoms with E-state index in [2.05, 4.69) is 26.1 Å². The Morgan fingerprint density at radius 1 is 1.50 bits per heavy atom. The molecule has 2 aromatic heterocycles. The van der Waals surface area contributed by atoms with Crippen molar-refractivity contribution in [2.75, 3.05) is 6.54 Å². The molecule has 3 rings (SSSR count). The lowest BCUT2D eigenvalue weighted by Gasteiger charge is -2.22. The summed E-state index contributed by atoms with van der Waals surface area (Å²) >= 11 is 3.29. The van der Waals surface area contributed by atoms with Crippen molar-refractivity contribution in [1.29, 1.82) is 0 Å². The predicted octanol–water partition coefficient (Wildman–Crippen LogP) is 3.12. The zero-order chi connectivity index (χ0) is 14.1. The van der Waals surface area contributed by atoms with Gasteiger partial charge in [-0.3, -0.25) is 4.79 Å². The molecule has 104 valence electrons. The molecule has 1 fully saturated rings. The van der Waals surface area contributed by atoms with Crippen LogP contribution in [0.1, 0.15) is 40.7 Å². The first-order valence-electron chi connectivity index (χ1n) is 6.51. The lowest BCUT2D eigenvalue weighted by atomic mass is 10.1. The number of pyridine rings is 1. The minimum Gasteiger partial charge on any atom is -0.359 e. The third-order valence-electron chi connectivity index (χ3n) is 3.46. The van der Waals surface area contributed by atoms with E-state index in [1.807, 2.05) is 17.9 Å². The van der Waals surface area contributed by atoms with Gasteiger partial charge in [-0.2, -0.15) is 0 Å². The molecule has 20 heavy (non-hydrogen) atoms. The third-order valence-corrected chi connectivity index (χ3v) is 3.90. The molecule has 1 amide bonds. The van der Waals surface area contributed by atoms with Gasteiger partial charge >= 0.3 is 0 Å². The number of hydrogen-bond acceptors (Lipinski definition) is 4. The number of aryl methyl sites for hydroxylation is 1. The van der Waals surface area contributed by atoms with E-state index in [1.54, 1.807) is 18.3 Å². The molecule has 0 bridgehead atoms. The van der Waals surface area contributed by atoms with Gasteiger partial charge in [0.2, 0.25) is 0 Å². The molecule has 0 saturated carbocycles. The molecule has 0 aliphatic carbocycles. The highest BCUT2D eigenvalue weighted by Gasteiger charge is 2.33. The molecule has 0 N–H and O–H groups in total. The fourth-order valence-electron chi connectivity index (χ4n) is 2.55. The van der Waals surface area contributed by atoms with Crippen molar-refractivity contribution in [2.45, 2.75) is 25.8 Å². The van der Waals surface area contributed by atoms with Gasteiger partial charge in [0.15, 0.2) is 5.76 Å². The van der Waals surface area contributed by atoms with Crippen LogP contribution in [0, 0.1) is 6.92 Å². The van der Waals surface area contributed by atoms with Crippen molar-refractivity contribution in [3.63, 3.8) is 0 Å². The summed E-state index contributed by atoms with van der Waals surface area (Å²) in [5.41, 5.74) is 1.47. The molecule has 2 aromatic rings. The summed E-state index contributed by atoms with van der Waals surface area (Å²) in [4.78, 5) is 18.5. The van der Waals surface area contributed by atoms with Gasteiger partial charge in [-0.25, -0.2) is 4.98 Å². The van der Waals surface area contributed by atoms with Crippen molar-refractivity contribution in [2.24, 2.45) is 0 Å². The van der Waals surface area contributed by atoms with Crippen molar-refractivity contribution in [3.8, 4) is 0 Å². The number of carbonyl (C=O) groups is 1. The minimum absolute atomic E-state index is 0.00431. The summed E-state index contributed by atoms with van der Waals surface area (Å²) in [5.74, 6) is 0.770.